The van der Waals surface area contributed by atoms with Crippen molar-refractivity contribution in [2.75, 3.05) is 13.1 Å². The molecule has 4 nitrogen and oxygen atoms in total. The monoisotopic (exact) mass is 273 g/mol. The van der Waals surface area contributed by atoms with Gasteiger partial charge in [-0.3, -0.25) is 9.59 Å². The van der Waals surface area contributed by atoms with Crippen LogP contribution in [0.4, 0.5) is 0 Å². The summed E-state index contributed by atoms with van der Waals surface area (Å²) in [6, 6.07) is 7.63. The zero-order valence-corrected chi connectivity index (χ0v) is 11.6. The van der Waals surface area contributed by atoms with Crippen LogP contribution in [0.1, 0.15) is 24.0 Å². The third-order valence-electron chi connectivity index (χ3n) is 4.12. The van der Waals surface area contributed by atoms with Crippen LogP contribution in [-0.2, 0) is 15.0 Å². The van der Waals surface area contributed by atoms with Gasteiger partial charge in [0, 0.05) is 13.1 Å². The number of carboxylic acids is 1. The number of carbonyl (C=O) groups excluding carboxylic acids is 1. The van der Waals surface area contributed by atoms with Crippen molar-refractivity contribution in [2.45, 2.75) is 25.2 Å². The minimum Gasteiger partial charge on any atom is -0.481 e. The van der Waals surface area contributed by atoms with E-state index < -0.39 is 11.4 Å². The highest BCUT2D eigenvalue weighted by Crippen LogP contribution is 2.36. The molecule has 1 saturated heterocycles. The zero-order valence-electron chi connectivity index (χ0n) is 11.6. The Balaban J connectivity index is 2.26. The molecule has 1 aromatic carbocycles. The SMILES string of the molecule is C=CC(=O)N1CCC(C(=O)O)(c2ccc(C)cc2)CC1. The van der Waals surface area contributed by atoms with E-state index >= 15 is 0 Å². The quantitative estimate of drug-likeness (QED) is 0.858. The van der Waals surface area contributed by atoms with Gasteiger partial charge in [0.2, 0.25) is 5.91 Å². The molecule has 0 radical (unpaired) electrons. The molecule has 0 atom stereocenters. The molecule has 1 aliphatic heterocycles. The lowest BCUT2D eigenvalue weighted by atomic mass is 9.72. The number of rotatable bonds is 3. The Labute approximate surface area is 118 Å². The molecular weight excluding hydrogens is 254 g/mol. The highest BCUT2D eigenvalue weighted by molar-refractivity contribution is 5.88. The average Bonchev–Trinajstić information content (AvgIpc) is 2.47. The van der Waals surface area contributed by atoms with Crippen LogP contribution in [0, 0.1) is 6.92 Å². The van der Waals surface area contributed by atoms with Crippen molar-refractivity contribution >= 4 is 11.9 Å². The number of carboxylic acid groups (broad SMARTS) is 1. The maximum absolute atomic E-state index is 11.8. The Morgan fingerprint density at radius 1 is 1.25 bits per heavy atom. The molecule has 0 aliphatic carbocycles. The minimum atomic E-state index is -0.883. The topological polar surface area (TPSA) is 57.6 Å². The van der Waals surface area contributed by atoms with Crippen molar-refractivity contribution in [3.63, 3.8) is 0 Å². The fourth-order valence-electron chi connectivity index (χ4n) is 2.74. The smallest absolute Gasteiger partial charge is 0.314 e. The second-order valence-electron chi connectivity index (χ2n) is 5.28. The van der Waals surface area contributed by atoms with Crippen LogP contribution in [0.5, 0.6) is 0 Å². The lowest BCUT2D eigenvalue weighted by molar-refractivity contribution is -0.147. The second kappa shape index (κ2) is 5.49. The minimum absolute atomic E-state index is 0.132. The van der Waals surface area contributed by atoms with Crippen LogP contribution in [0.3, 0.4) is 0 Å². The molecule has 1 heterocycles. The van der Waals surface area contributed by atoms with Crippen molar-refractivity contribution in [3.8, 4) is 0 Å². The molecule has 0 saturated carbocycles. The molecule has 106 valence electrons. The van der Waals surface area contributed by atoms with E-state index in [2.05, 4.69) is 6.58 Å². The van der Waals surface area contributed by atoms with Gasteiger partial charge in [0.05, 0.1) is 5.41 Å². The van der Waals surface area contributed by atoms with E-state index in [9.17, 15) is 14.7 Å². The maximum Gasteiger partial charge on any atom is 0.314 e. The molecular formula is C16H19NO3. The first kappa shape index (κ1) is 14.3. The molecule has 1 amide bonds. The van der Waals surface area contributed by atoms with E-state index in [-0.39, 0.29) is 5.91 Å². The van der Waals surface area contributed by atoms with Gasteiger partial charge in [0.15, 0.2) is 0 Å². The summed E-state index contributed by atoms with van der Waals surface area (Å²) in [6.45, 7) is 6.34. The Morgan fingerprint density at radius 2 is 1.80 bits per heavy atom. The van der Waals surface area contributed by atoms with Crippen LogP contribution in [0.25, 0.3) is 0 Å². The van der Waals surface area contributed by atoms with Crippen molar-refractivity contribution in [2.24, 2.45) is 0 Å². The zero-order chi connectivity index (χ0) is 14.8. The van der Waals surface area contributed by atoms with Crippen LogP contribution < -0.4 is 0 Å². The number of piperidine rings is 1. The van der Waals surface area contributed by atoms with Crippen molar-refractivity contribution < 1.29 is 14.7 Å². The van der Waals surface area contributed by atoms with Gasteiger partial charge >= 0.3 is 5.97 Å². The third kappa shape index (κ3) is 2.46. The first-order valence-corrected chi connectivity index (χ1v) is 6.71. The van der Waals surface area contributed by atoms with E-state index in [1.165, 1.54) is 6.08 Å². The fourth-order valence-corrected chi connectivity index (χ4v) is 2.74. The highest BCUT2D eigenvalue weighted by Gasteiger charge is 2.43. The van der Waals surface area contributed by atoms with Crippen molar-refractivity contribution in [3.05, 3.63) is 48.0 Å². The summed E-state index contributed by atoms with van der Waals surface area (Å²) in [4.78, 5) is 25.0. The normalized spacial score (nSPS) is 17.6. The van der Waals surface area contributed by atoms with Gasteiger partial charge in [0.1, 0.15) is 0 Å². The number of benzene rings is 1. The van der Waals surface area contributed by atoms with Crippen LogP contribution in [-0.4, -0.2) is 35.0 Å². The summed E-state index contributed by atoms with van der Waals surface area (Å²) in [7, 11) is 0. The first-order chi connectivity index (χ1) is 9.49. The number of hydrogen-bond donors (Lipinski definition) is 1. The van der Waals surface area contributed by atoms with Gasteiger partial charge in [-0.05, 0) is 31.4 Å². The molecule has 1 aromatic rings. The molecule has 1 fully saturated rings. The molecule has 2 rings (SSSR count). The molecule has 0 spiro atoms. The highest BCUT2D eigenvalue weighted by atomic mass is 16.4. The van der Waals surface area contributed by atoms with E-state index in [0.717, 1.165) is 11.1 Å². The molecule has 4 heteroatoms. The van der Waals surface area contributed by atoms with E-state index in [0.29, 0.717) is 25.9 Å². The third-order valence-corrected chi connectivity index (χ3v) is 4.12. The lowest BCUT2D eigenvalue weighted by Crippen LogP contribution is -2.48. The molecule has 1 aliphatic rings. The number of aryl methyl sites for hydroxylation is 1. The summed E-state index contributed by atoms with van der Waals surface area (Å²) in [5.41, 5.74) is 1.04. The predicted octanol–water partition coefficient (Wildman–Crippen LogP) is 2.13. The number of amides is 1. The van der Waals surface area contributed by atoms with E-state index in [1.807, 2.05) is 31.2 Å². The summed E-state index contributed by atoms with van der Waals surface area (Å²) in [5.74, 6) is -0.944. The maximum atomic E-state index is 11.8. The summed E-state index contributed by atoms with van der Waals surface area (Å²) < 4.78 is 0. The summed E-state index contributed by atoms with van der Waals surface area (Å²) in [6.07, 6.45) is 2.15. The average molecular weight is 273 g/mol. The summed E-state index contributed by atoms with van der Waals surface area (Å²) in [5, 5.41) is 9.67. The number of nitrogens with zero attached hydrogens (tertiary/aromatic N) is 1. The van der Waals surface area contributed by atoms with Crippen molar-refractivity contribution in [1.29, 1.82) is 0 Å². The number of hydrogen-bond acceptors (Lipinski definition) is 2. The fraction of sp³-hybridized carbons (Fsp3) is 0.375. The Morgan fingerprint density at radius 3 is 2.25 bits per heavy atom. The molecule has 1 N–H and O–H groups in total. The molecule has 0 aromatic heterocycles. The molecule has 0 unspecified atom stereocenters. The predicted molar refractivity (Wildman–Crippen MR) is 76.5 cm³/mol. The van der Waals surface area contributed by atoms with Gasteiger partial charge in [-0.1, -0.05) is 36.4 Å². The number of likely N-dealkylation sites (tertiary alicyclic amines) is 1. The van der Waals surface area contributed by atoms with E-state index in [4.69, 9.17) is 0 Å². The summed E-state index contributed by atoms with van der Waals surface area (Å²) >= 11 is 0. The van der Waals surface area contributed by atoms with Gasteiger partial charge < -0.3 is 10.0 Å². The Kier molecular flexibility index (Phi) is 3.93. The standard InChI is InChI=1S/C16H19NO3/c1-3-14(18)17-10-8-16(9-11-17,15(19)20)13-6-4-12(2)5-7-13/h3-7H,1,8-11H2,2H3,(H,19,20). The van der Waals surface area contributed by atoms with Crippen LogP contribution >= 0.6 is 0 Å². The second-order valence-corrected chi connectivity index (χ2v) is 5.28. The number of aliphatic carboxylic acids is 1. The van der Waals surface area contributed by atoms with Crippen LogP contribution in [0.2, 0.25) is 0 Å². The lowest BCUT2D eigenvalue weighted by Gasteiger charge is -2.39. The molecule has 0 bridgehead atoms. The molecule has 20 heavy (non-hydrogen) atoms. The van der Waals surface area contributed by atoms with Crippen molar-refractivity contribution in [1.82, 2.24) is 4.90 Å². The van der Waals surface area contributed by atoms with Gasteiger partial charge in [-0.15, -0.1) is 0 Å². The van der Waals surface area contributed by atoms with Gasteiger partial charge in [0.25, 0.3) is 0 Å². The Bertz CT molecular complexity index is 525. The van der Waals surface area contributed by atoms with Gasteiger partial charge in [-0.25, -0.2) is 0 Å². The van der Waals surface area contributed by atoms with Crippen LogP contribution in [0.15, 0.2) is 36.9 Å². The largest absolute Gasteiger partial charge is 0.481 e. The Hall–Kier alpha value is -2.10. The van der Waals surface area contributed by atoms with E-state index in [1.54, 1.807) is 4.90 Å². The number of carbonyl (C=O) groups is 2. The van der Waals surface area contributed by atoms with Gasteiger partial charge in [-0.2, -0.15) is 0 Å². The first-order valence-electron chi connectivity index (χ1n) is 6.71.